The molecule has 2 heterocycles. The van der Waals surface area contributed by atoms with Crippen molar-refractivity contribution in [1.82, 2.24) is 14.5 Å². The van der Waals surface area contributed by atoms with Crippen LogP contribution in [0.3, 0.4) is 0 Å². The van der Waals surface area contributed by atoms with Crippen molar-refractivity contribution < 1.29 is 9.53 Å². The first-order valence-electron chi connectivity index (χ1n) is 4.91. The third kappa shape index (κ3) is 2.19. The molecule has 0 saturated carbocycles. The topological polar surface area (TPSA) is 100 Å². The van der Waals surface area contributed by atoms with Gasteiger partial charge in [0.2, 0.25) is 5.95 Å². The molecule has 0 aromatic carbocycles. The minimum atomic E-state index is -0.548. The number of hydrogen-bond acceptors (Lipinski definition) is 6. The van der Waals surface area contributed by atoms with Crippen LogP contribution in [0.15, 0.2) is 21.5 Å². The van der Waals surface area contributed by atoms with Gasteiger partial charge in [-0.2, -0.15) is 4.98 Å². The molecule has 7 nitrogen and oxygen atoms in total. The number of pyridine rings is 1. The number of carbonyl (C=O) groups is 1. The molecule has 2 aromatic rings. The van der Waals surface area contributed by atoms with Gasteiger partial charge in [-0.3, -0.25) is 14.2 Å². The number of esters is 1. The minimum Gasteiger partial charge on any atom is -0.468 e. The Morgan fingerprint density at radius 2 is 2.33 bits per heavy atom. The van der Waals surface area contributed by atoms with Gasteiger partial charge < -0.3 is 10.5 Å². The van der Waals surface area contributed by atoms with E-state index in [1.165, 1.54) is 17.9 Å². The normalized spacial score (nSPS) is 10.6. The monoisotopic (exact) mass is 312 g/mol. The van der Waals surface area contributed by atoms with E-state index < -0.39 is 5.97 Å². The number of hydrogen-bond donors (Lipinski definition) is 1. The van der Waals surface area contributed by atoms with Crippen LogP contribution < -0.4 is 11.3 Å². The SMILES string of the molecule is COC(=O)Cn1c(=O)c(Br)cc2cnc(N)nc21. The van der Waals surface area contributed by atoms with E-state index in [1.807, 2.05) is 0 Å². The maximum Gasteiger partial charge on any atom is 0.325 e. The molecule has 0 radical (unpaired) electrons. The van der Waals surface area contributed by atoms with Crippen molar-refractivity contribution in [2.45, 2.75) is 6.54 Å². The van der Waals surface area contributed by atoms with Crippen LogP contribution in [0.2, 0.25) is 0 Å². The number of rotatable bonds is 2. The molecule has 2 rings (SSSR count). The van der Waals surface area contributed by atoms with Crippen molar-refractivity contribution in [1.29, 1.82) is 0 Å². The molecule has 0 atom stereocenters. The third-order valence-corrected chi connectivity index (χ3v) is 2.88. The fourth-order valence-electron chi connectivity index (χ4n) is 1.48. The van der Waals surface area contributed by atoms with Crippen LogP contribution in [0.1, 0.15) is 0 Å². The van der Waals surface area contributed by atoms with E-state index in [0.29, 0.717) is 15.5 Å². The van der Waals surface area contributed by atoms with Crippen molar-refractivity contribution >= 4 is 38.9 Å². The van der Waals surface area contributed by atoms with Crippen LogP contribution in [-0.4, -0.2) is 27.6 Å². The summed E-state index contributed by atoms with van der Waals surface area (Å²) in [6.07, 6.45) is 1.48. The summed E-state index contributed by atoms with van der Waals surface area (Å²) in [5, 5.41) is 0.597. The third-order valence-electron chi connectivity index (χ3n) is 2.32. The van der Waals surface area contributed by atoms with Crippen molar-refractivity contribution in [2.75, 3.05) is 12.8 Å². The van der Waals surface area contributed by atoms with E-state index in [1.54, 1.807) is 6.07 Å². The number of aromatic nitrogens is 3. The first-order valence-corrected chi connectivity index (χ1v) is 5.70. The van der Waals surface area contributed by atoms with Gasteiger partial charge in [-0.25, -0.2) is 4.98 Å². The van der Waals surface area contributed by atoms with E-state index in [4.69, 9.17) is 5.73 Å². The Bertz CT molecular complexity index is 683. The summed E-state index contributed by atoms with van der Waals surface area (Å²) >= 11 is 3.13. The van der Waals surface area contributed by atoms with Crippen LogP contribution in [0.25, 0.3) is 11.0 Å². The number of anilines is 1. The summed E-state index contributed by atoms with van der Waals surface area (Å²) in [7, 11) is 1.25. The highest BCUT2D eigenvalue weighted by atomic mass is 79.9. The average Bonchev–Trinajstić information content (AvgIpc) is 2.35. The fraction of sp³-hybridized carbons (Fsp3) is 0.200. The number of ether oxygens (including phenoxy) is 1. The zero-order valence-electron chi connectivity index (χ0n) is 9.38. The summed E-state index contributed by atoms with van der Waals surface area (Å²) in [6.45, 7) is -0.234. The number of nitrogens with zero attached hydrogens (tertiary/aromatic N) is 3. The van der Waals surface area contributed by atoms with Gasteiger partial charge in [0, 0.05) is 11.6 Å². The van der Waals surface area contributed by atoms with Crippen molar-refractivity contribution in [2.24, 2.45) is 0 Å². The second-order valence-corrected chi connectivity index (χ2v) is 4.32. The highest BCUT2D eigenvalue weighted by Gasteiger charge is 2.13. The smallest absolute Gasteiger partial charge is 0.325 e. The Labute approximate surface area is 110 Å². The lowest BCUT2D eigenvalue weighted by Gasteiger charge is -2.09. The second-order valence-electron chi connectivity index (χ2n) is 3.47. The molecule has 18 heavy (non-hydrogen) atoms. The molecule has 0 fully saturated rings. The fourth-order valence-corrected chi connectivity index (χ4v) is 1.94. The van der Waals surface area contributed by atoms with E-state index in [2.05, 4.69) is 30.6 Å². The molecule has 0 amide bonds. The lowest BCUT2D eigenvalue weighted by molar-refractivity contribution is -0.141. The van der Waals surface area contributed by atoms with Gasteiger partial charge in [0.15, 0.2) is 0 Å². The van der Waals surface area contributed by atoms with Crippen molar-refractivity contribution in [3.05, 3.63) is 27.1 Å². The lowest BCUT2D eigenvalue weighted by atomic mass is 10.3. The Hall–Kier alpha value is -1.96. The molecule has 2 aromatic heterocycles. The van der Waals surface area contributed by atoms with Crippen LogP contribution in [-0.2, 0) is 16.1 Å². The zero-order valence-corrected chi connectivity index (χ0v) is 11.0. The summed E-state index contributed by atoms with van der Waals surface area (Å²) in [4.78, 5) is 31.1. The number of methoxy groups -OCH3 is 1. The van der Waals surface area contributed by atoms with E-state index >= 15 is 0 Å². The highest BCUT2D eigenvalue weighted by Crippen LogP contribution is 2.14. The van der Waals surface area contributed by atoms with Gasteiger partial charge in [-0.15, -0.1) is 0 Å². The van der Waals surface area contributed by atoms with E-state index in [9.17, 15) is 9.59 Å². The van der Waals surface area contributed by atoms with Crippen LogP contribution in [0.5, 0.6) is 0 Å². The first-order chi connectivity index (χ1) is 8.52. The molecule has 0 aliphatic heterocycles. The van der Waals surface area contributed by atoms with Gasteiger partial charge in [-0.05, 0) is 22.0 Å². The standard InChI is InChI=1S/C10H9BrN4O3/c1-18-7(16)4-15-8-5(2-6(11)9(15)17)3-13-10(12)14-8/h2-3H,4H2,1H3,(H2,12,13,14). The predicted octanol–water partition coefficient (Wildman–Crippen LogP) is 0.309. The molecule has 0 aliphatic carbocycles. The van der Waals surface area contributed by atoms with Gasteiger partial charge >= 0.3 is 5.97 Å². The minimum absolute atomic E-state index is 0.0304. The molecule has 0 bridgehead atoms. The van der Waals surface area contributed by atoms with Crippen LogP contribution >= 0.6 is 15.9 Å². The van der Waals surface area contributed by atoms with E-state index in [0.717, 1.165) is 0 Å². The van der Waals surface area contributed by atoms with Gasteiger partial charge in [0.25, 0.3) is 5.56 Å². The summed E-state index contributed by atoms with van der Waals surface area (Å²) < 4.78 is 6.04. The summed E-state index contributed by atoms with van der Waals surface area (Å²) in [5.41, 5.74) is 5.39. The number of carbonyl (C=O) groups excluding carboxylic acids is 1. The lowest BCUT2D eigenvalue weighted by Crippen LogP contribution is -2.26. The largest absolute Gasteiger partial charge is 0.468 e. The Morgan fingerprint density at radius 1 is 1.61 bits per heavy atom. The Morgan fingerprint density at radius 3 is 3.00 bits per heavy atom. The van der Waals surface area contributed by atoms with Crippen molar-refractivity contribution in [3.8, 4) is 0 Å². The molecule has 0 aliphatic rings. The molecule has 0 unspecified atom stereocenters. The molecule has 2 N–H and O–H groups in total. The van der Waals surface area contributed by atoms with Gasteiger partial charge in [0.05, 0.1) is 11.6 Å². The molecular formula is C10H9BrN4O3. The first kappa shape index (κ1) is 12.5. The molecule has 0 saturated heterocycles. The maximum atomic E-state index is 12.0. The molecule has 0 spiro atoms. The molecule has 94 valence electrons. The molecular weight excluding hydrogens is 304 g/mol. The second kappa shape index (κ2) is 4.73. The van der Waals surface area contributed by atoms with E-state index in [-0.39, 0.29) is 18.1 Å². The average molecular weight is 313 g/mol. The summed E-state index contributed by atoms with van der Waals surface area (Å²) in [5.74, 6) is -0.517. The van der Waals surface area contributed by atoms with Crippen LogP contribution in [0.4, 0.5) is 5.95 Å². The predicted molar refractivity (Wildman–Crippen MR) is 67.9 cm³/mol. The summed E-state index contributed by atoms with van der Waals surface area (Å²) in [6, 6.07) is 1.57. The van der Waals surface area contributed by atoms with Crippen molar-refractivity contribution in [3.63, 3.8) is 0 Å². The maximum absolute atomic E-state index is 12.0. The van der Waals surface area contributed by atoms with Gasteiger partial charge in [0.1, 0.15) is 12.2 Å². The number of halogens is 1. The zero-order chi connectivity index (χ0) is 13.3. The number of nitrogens with two attached hydrogens (primary N) is 1. The number of fused-ring (bicyclic) bond motifs is 1. The molecule has 8 heteroatoms. The van der Waals surface area contributed by atoms with Gasteiger partial charge in [-0.1, -0.05) is 0 Å². The van der Waals surface area contributed by atoms with Crippen LogP contribution in [0, 0.1) is 0 Å². The Balaban J connectivity index is 2.74. The Kier molecular flexibility index (Phi) is 3.28. The quantitative estimate of drug-likeness (QED) is 0.801. The highest BCUT2D eigenvalue weighted by molar-refractivity contribution is 9.10. The number of nitrogen functional groups attached to an aromatic ring is 1.